The molecule has 0 aliphatic carbocycles. The fourth-order valence-corrected chi connectivity index (χ4v) is 1.70. The minimum Gasteiger partial charge on any atom is -0.489 e. The van der Waals surface area contributed by atoms with Crippen LogP contribution in [0.15, 0.2) is 54.6 Å². The van der Waals surface area contributed by atoms with E-state index in [1.165, 1.54) is 11.1 Å². The number of benzene rings is 2. The standard InChI is InChI=1S/C15H17NO.C2H6/c16-10-9-13-7-4-8-15(11-13)17-12-14-5-2-1-3-6-14;1-2/h1-8,11H,9-10,12,16H2;1-2H3. The topological polar surface area (TPSA) is 35.2 Å². The first-order valence-electron chi connectivity index (χ1n) is 6.84. The smallest absolute Gasteiger partial charge is 0.120 e. The molecule has 0 radical (unpaired) electrons. The Morgan fingerprint density at radius 1 is 0.895 bits per heavy atom. The minimum atomic E-state index is 0.604. The Kier molecular flexibility index (Phi) is 7.37. The van der Waals surface area contributed by atoms with E-state index in [0.717, 1.165) is 12.2 Å². The molecule has 0 fully saturated rings. The maximum Gasteiger partial charge on any atom is 0.120 e. The Balaban J connectivity index is 0.000000861. The first-order chi connectivity index (χ1) is 9.38. The van der Waals surface area contributed by atoms with E-state index in [2.05, 4.69) is 24.3 Å². The summed E-state index contributed by atoms with van der Waals surface area (Å²) in [6.45, 7) is 5.27. The van der Waals surface area contributed by atoms with Gasteiger partial charge in [-0.3, -0.25) is 0 Å². The van der Waals surface area contributed by atoms with Gasteiger partial charge in [0.1, 0.15) is 12.4 Å². The zero-order chi connectivity index (χ0) is 13.9. The van der Waals surface area contributed by atoms with Gasteiger partial charge >= 0.3 is 0 Å². The molecule has 0 unspecified atom stereocenters. The molecule has 0 saturated heterocycles. The molecular weight excluding hydrogens is 234 g/mol. The van der Waals surface area contributed by atoms with Gasteiger partial charge in [0.05, 0.1) is 0 Å². The van der Waals surface area contributed by atoms with Gasteiger partial charge in [-0.25, -0.2) is 0 Å². The van der Waals surface area contributed by atoms with Crippen molar-refractivity contribution in [2.75, 3.05) is 6.54 Å². The van der Waals surface area contributed by atoms with Gasteiger partial charge < -0.3 is 10.5 Å². The molecule has 2 nitrogen and oxygen atoms in total. The van der Waals surface area contributed by atoms with E-state index in [4.69, 9.17) is 10.5 Å². The van der Waals surface area contributed by atoms with Crippen molar-refractivity contribution < 1.29 is 4.74 Å². The van der Waals surface area contributed by atoms with Crippen molar-refractivity contribution in [1.29, 1.82) is 0 Å². The Hall–Kier alpha value is -1.80. The average Bonchev–Trinajstić information content (AvgIpc) is 2.49. The number of hydrogen-bond donors (Lipinski definition) is 1. The summed E-state index contributed by atoms with van der Waals surface area (Å²) in [4.78, 5) is 0. The maximum atomic E-state index is 5.74. The van der Waals surface area contributed by atoms with Gasteiger partial charge in [0.25, 0.3) is 0 Å². The second-order valence-electron chi connectivity index (χ2n) is 3.96. The van der Waals surface area contributed by atoms with Crippen LogP contribution in [0.5, 0.6) is 5.75 Å². The third-order valence-electron chi connectivity index (χ3n) is 2.58. The van der Waals surface area contributed by atoms with Crippen LogP contribution in [0.2, 0.25) is 0 Å². The van der Waals surface area contributed by atoms with Crippen molar-refractivity contribution in [3.05, 3.63) is 65.7 Å². The maximum absolute atomic E-state index is 5.74. The lowest BCUT2D eigenvalue weighted by molar-refractivity contribution is 0.306. The molecule has 2 heteroatoms. The first kappa shape index (κ1) is 15.3. The summed E-state index contributed by atoms with van der Waals surface area (Å²) in [5.74, 6) is 0.903. The van der Waals surface area contributed by atoms with Crippen molar-refractivity contribution in [1.82, 2.24) is 0 Å². The average molecular weight is 257 g/mol. The summed E-state index contributed by atoms with van der Waals surface area (Å²) in [5.41, 5.74) is 7.93. The van der Waals surface area contributed by atoms with Gasteiger partial charge in [-0.05, 0) is 36.2 Å². The van der Waals surface area contributed by atoms with Crippen LogP contribution in [0.25, 0.3) is 0 Å². The normalized spacial score (nSPS) is 9.42. The van der Waals surface area contributed by atoms with Crippen LogP contribution in [0.4, 0.5) is 0 Å². The van der Waals surface area contributed by atoms with Crippen molar-refractivity contribution in [2.45, 2.75) is 26.9 Å². The Morgan fingerprint density at radius 2 is 1.58 bits per heavy atom. The lowest BCUT2D eigenvalue weighted by atomic mass is 10.1. The predicted molar refractivity (Wildman–Crippen MR) is 81.3 cm³/mol. The fourth-order valence-electron chi connectivity index (χ4n) is 1.70. The molecule has 0 heterocycles. The second-order valence-corrected chi connectivity index (χ2v) is 3.96. The van der Waals surface area contributed by atoms with Crippen molar-refractivity contribution >= 4 is 0 Å². The molecule has 102 valence electrons. The lowest BCUT2D eigenvalue weighted by Crippen LogP contribution is -2.03. The second kappa shape index (κ2) is 9.17. The molecule has 2 rings (SSSR count). The largest absolute Gasteiger partial charge is 0.489 e. The number of rotatable bonds is 5. The van der Waals surface area contributed by atoms with Gasteiger partial charge in [-0.2, -0.15) is 0 Å². The highest BCUT2D eigenvalue weighted by Gasteiger charge is 1.97. The third kappa shape index (κ3) is 5.58. The summed E-state index contributed by atoms with van der Waals surface area (Å²) in [6, 6.07) is 18.3. The van der Waals surface area contributed by atoms with E-state index >= 15 is 0 Å². The Labute approximate surface area is 116 Å². The van der Waals surface area contributed by atoms with Crippen LogP contribution in [0, 0.1) is 0 Å². The zero-order valence-electron chi connectivity index (χ0n) is 11.8. The van der Waals surface area contributed by atoms with E-state index in [9.17, 15) is 0 Å². The highest BCUT2D eigenvalue weighted by molar-refractivity contribution is 5.29. The summed E-state index contributed by atoms with van der Waals surface area (Å²) in [7, 11) is 0. The molecule has 0 atom stereocenters. The number of ether oxygens (including phenoxy) is 1. The molecule has 0 aliphatic heterocycles. The van der Waals surface area contributed by atoms with Crippen molar-refractivity contribution in [3.8, 4) is 5.75 Å². The van der Waals surface area contributed by atoms with E-state index in [1.807, 2.05) is 44.2 Å². The van der Waals surface area contributed by atoms with E-state index < -0.39 is 0 Å². The monoisotopic (exact) mass is 257 g/mol. The van der Waals surface area contributed by atoms with Gasteiger partial charge in [0.15, 0.2) is 0 Å². The highest BCUT2D eigenvalue weighted by Crippen LogP contribution is 2.15. The number of hydrogen-bond acceptors (Lipinski definition) is 2. The summed E-state index contributed by atoms with van der Waals surface area (Å²) in [5, 5.41) is 0. The molecule has 2 N–H and O–H groups in total. The molecule has 0 spiro atoms. The molecule has 2 aromatic rings. The van der Waals surface area contributed by atoms with Crippen LogP contribution in [-0.4, -0.2) is 6.54 Å². The molecule has 19 heavy (non-hydrogen) atoms. The third-order valence-corrected chi connectivity index (χ3v) is 2.58. The highest BCUT2D eigenvalue weighted by atomic mass is 16.5. The molecule has 0 saturated carbocycles. The van der Waals surface area contributed by atoms with Crippen molar-refractivity contribution in [2.24, 2.45) is 5.73 Å². The Morgan fingerprint density at radius 3 is 2.26 bits per heavy atom. The quantitative estimate of drug-likeness (QED) is 0.884. The van der Waals surface area contributed by atoms with Crippen LogP contribution in [-0.2, 0) is 13.0 Å². The predicted octanol–water partition coefficient (Wildman–Crippen LogP) is 3.79. The Bertz CT molecular complexity index is 454. The van der Waals surface area contributed by atoms with Crippen LogP contribution in [0.3, 0.4) is 0 Å². The molecule has 0 amide bonds. The van der Waals surface area contributed by atoms with Crippen LogP contribution < -0.4 is 10.5 Å². The SMILES string of the molecule is CC.NCCc1cccc(OCc2ccccc2)c1. The van der Waals surface area contributed by atoms with E-state index in [1.54, 1.807) is 0 Å². The zero-order valence-corrected chi connectivity index (χ0v) is 11.8. The lowest BCUT2D eigenvalue weighted by Gasteiger charge is -2.07. The van der Waals surface area contributed by atoms with Gasteiger partial charge in [0.2, 0.25) is 0 Å². The molecular formula is C17H23NO. The summed E-state index contributed by atoms with van der Waals surface area (Å²) in [6.07, 6.45) is 0.891. The van der Waals surface area contributed by atoms with Gasteiger partial charge in [-0.15, -0.1) is 0 Å². The van der Waals surface area contributed by atoms with Gasteiger partial charge in [0, 0.05) is 0 Å². The molecule has 0 bridgehead atoms. The van der Waals surface area contributed by atoms with Crippen LogP contribution >= 0.6 is 0 Å². The van der Waals surface area contributed by atoms with Crippen molar-refractivity contribution in [3.63, 3.8) is 0 Å². The molecule has 0 aromatic heterocycles. The summed E-state index contributed by atoms with van der Waals surface area (Å²) < 4.78 is 5.74. The van der Waals surface area contributed by atoms with E-state index in [0.29, 0.717) is 13.2 Å². The van der Waals surface area contributed by atoms with Crippen LogP contribution in [0.1, 0.15) is 25.0 Å². The minimum absolute atomic E-state index is 0.604. The summed E-state index contributed by atoms with van der Waals surface area (Å²) >= 11 is 0. The van der Waals surface area contributed by atoms with Gasteiger partial charge in [-0.1, -0.05) is 56.3 Å². The van der Waals surface area contributed by atoms with E-state index in [-0.39, 0.29) is 0 Å². The fraction of sp³-hybridized carbons (Fsp3) is 0.294. The molecule has 0 aliphatic rings. The molecule has 2 aromatic carbocycles. The number of nitrogens with two attached hydrogens (primary N) is 1. The first-order valence-corrected chi connectivity index (χ1v) is 6.84.